The molecule has 6 rings (SSSR count). The van der Waals surface area contributed by atoms with E-state index in [1.807, 2.05) is 87.5 Å². The highest BCUT2D eigenvalue weighted by molar-refractivity contribution is 7.99. The summed E-state index contributed by atoms with van der Waals surface area (Å²) in [6.45, 7) is 6.36. The Bertz CT molecular complexity index is 1940. The van der Waals surface area contributed by atoms with Gasteiger partial charge in [0, 0.05) is 52.5 Å². The van der Waals surface area contributed by atoms with Gasteiger partial charge in [0.2, 0.25) is 11.8 Å². The Morgan fingerprint density at radius 3 is 2.39 bits per heavy atom. The first-order valence-corrected chi connectivity index (χ1v) is 18.4. The molecule has 2 aromatic heterocycles. The van der Waals surface area contributed by atoms with Crippen LogP contribution >= 0.6 is 11.8 Å². The first-order chi connectivity index (χ1) is 24.5. The second-order valence-electron chi connectivity index (χ2n) is 14.2. The summed E-state index contributed by atoms with van der Waals surface area (Å²) in [5.41, 5.74) is 2.22. The summed E-state index contributed by atoms with van der Waals surface area (Å²) in [6, 6.07) is 17.8. The van der Waals surface area contributed by atoms with Crippen molar-refractivity contribution in [1.82, 2.24) is 35.6 Å². The van der Waals surface area contributed by atoms with Gasteiger partial charge in [-0.05, 0) is 114 Å². The number of rotatable bonds is 8. The lowest BCUT2D eigenvalue weighted by Crippen LogP contribution is -2.51. The van der Waals surface area contributed by atoms with Gasteiger partial charge in [-0.15, -0.1) is 0 Å². The van der Waals surface area contributed by atoms with Gasteiger partial charge in [-0.25, -0.2) is 4.79 Å². The summed E-state index contributed by atoms with van der Waals surface area (Å²) in [6.07, 6.45) is 9.53. The van der Waals surface area contributed by atoms with E-state index in [1.165, 1.54) is 16.4 Å². The van der Waals surface area contributed by atoms with Crippen LogP contribution in [0.2, 0.25) is 0 Å². The second kappa shape index (κ2) is 15.5. The molecule has 1 aliphatic carbocycles. The van der Waals surface area contributed by atoms with E-state index in [0.717, 1.165) is 20.9 Å². The van der Waals surface area contributed by atoms with Crippen molar-refractivity contribution in [3.05, 3.63) is 83.8 Å². The second-order valence-corrected chi connectivity index (χ2v) is 15.3. The zero-order valence-electron chi connectivity index (χ0n) is 29.5. The summed E-state index contributed by atoms with van der Waals surface area (Å²) in [5, 5.41) is 14.5. The fraction of sp³-hybridized carbons (Fsp3) is 0.385. The third-order valence-electron chi connectivity index (χ3n) is 9.29. The van der Waals surface area contributed by atoms with Crippen molar-refractivity contribution >= 4 is 58.6 Å². The van der Waals surface area contributed by atoms with E-state index in [2.05, 4.69) is 20.9 Å². The largest absolute Gasteiger partial charge is 0.355 e. The Morgan fingerprint density at radius 2 is 1.67 bits per heavy atom. The Hall–Kier alpha value is -4.97. The summed E-state index contributed by atoms with van der Waals surface area (Å²) in [4.78, 5) is 60.9. The van der Waals surface area contributed by atoms with Gasteiger partial charge in [-0.1, -0.05) is 30.0 Å². The van der Waals surface area contributed by atoms with Crippen LogP contribution in [-0.2, 0) is 9.59 Å². The molecule has 0 spiro atoms. The highest BCUT2D eigenvalue weighted by Gasteiger charge is 2.37. The van der Waals surface area contributed by atoms with Crippen LogP contribution in [0.15, 0.2) is 76.7 Å². The van der Waals surface area contributed by atoms with Crippen LogP contribution in [-0.4, -0.2) is 74.6 Å². The minimum Gasteiger partial charge on any atom is -0.355 e. The van der Waals surface area contributed by atoms with Gasteiger partial charge < -0.3 is 20.9 Å². The third-order valence-corrected chi connectivity index (χ3v) is 10.4. The minimum absolute atomic E-state index is 0.0418. The molecule has 4 aromatic rings. The molecule has 2 aliphatic rings. The number of hydrogen-bond acceptors (Lipinski definition) is 7. The Kier molecular flexibility index (Phi) is 10.9. The van der Waals surface area contributed by atoms with Crippen LogP contribution in [0.4, 0.5) is 4.79 Å². The Labute approximate surface area is 302 Å². The maximum Gasteiger partial charge on any atom is 0.345 e. The molecule has 12 heteroatoms. The molecule has 4 amide bonds. The zero-order chi connectivity index (χ0) is 36.1. The summed E-state index contributed by atoms with van der Waals surface area (Å²) >= 11 is 1.43. The number of likely N-dealkylation sites (tertiary alicyclic amines) is 1. The van der Waals surface area contributed by atoms with E-state index in [-0.39, 0.29) is 41.3 Å². The van der Waals surface area contributed by atoms with Gasteiger partial charge in [0.05, 0.1) is 22.5 Å². The maximum absolute atomic E-state index is 14.3. The molecule has 0 unspecified atom stereocenters. The van der Waals surface area contributed by atoms with E-state index in [9.17, 15) is 19.2 Å². The van der Waals surface area contributed by atoms with Crippen LogP contribution in [0.25, 0.3) is 23.1 Å². The molecule has 0 radical (unpaired) electrons. The fourth-order valence-corrected chi connectivity index (χ4v) is 7.73. The monoisotopic (exact) mass is 707 g/mol. The average molecular weight is 708 g/mol. The van der Waals surface area contributed by atoms with Crippen molar-refractivity contribution in [2.75, 3.05) is 13.6 Å². The predicted octanol–water partition coefficient (Wildman–Crippen LogP) is 6.13. The number of pyridine rings is 1. The topological polar surface area (TPSA) is 138 Å². The predicted molar refractivity (Wildman–Crippen MR) is 199 cm³/mol. The first-order valence-electron chi connectivity index (χ1n) is 17.5. The van der Waals surface area contributed by atoms with Crippen LogP contribution in [0.3, 0.4) is 0 Å². The molecule has 1 saturated heterocycles. The molecular weight excluding hydrogens is 663 g/mol. The molecule has 51 heavy (non-hydrogen) atoms. The molecule has 1 saturated carbocycles. The Morgan fingerprint density at radius 1 is 0.902 bits per heavy atom. The van der Waals surface area contributed by atoms with E-state index in [1.54, 1.807) is 24.2 Å². The van der Waals surface area contributed by atoms with Crippen molar-refractivity contribution < 1.29 is 19.2 Å². The molecule has 1 aliphatic heterocycles. The van der Waals surface area contributed by atoms with Crippen molar-refractivity contribution in [2.45, 2.75) is 86.7 Å². The van der Waals surface area contributed by atoms with Crippen molar-refractivity contribution in [3.8, 4) is 0 Å². The lowest BCUT2D eigenvalue weighted by Gasteiger charge is -2.32. The lowest BCUT2D eigenvalue weighted by atomic mass is 9.85. The van der Waals surface area contributed by atoms with Gasteiger partial charge >= 0.3 is 6.03 Å². The molecule has 3 N–H and O–H groups in total. The van der Waals surface area contributed by atoms with Crippen molar-refractivity contribution in [1.29, 1.82) is 0 Å². The smallest absolute Gasteiger partial charge is 0.345 e. The van der Waals surface area contributed by atoms with Crippen LogP contribution in [0, 0.1) is 5.92 Å². The van der Waals surface area contributed by atoms with Crippen molar-refractivity contribution in [2.24, 2.45) is 5.92 Å². The SMILES string of the molecule is CNC(=O)c1ccccc1Sc1ccc2c(/C=C/c3ccccn3)nn(C(=O)N3CCC[C@H]3C(=O)NC3CCC(C(=O)NC(C)(C)C)CC3)c2c1. The van der Waals surface area contributed by atoms with Gasteiger partial charge in [0.15, 0.2) is 0 Å². The highest BCUT2D eigenvalue weighted by atomic mass is 32.2. The minimum atomic E-state index is -0.622. The van der Waals surface area contributed by atoms with Crippen LogP contribution in [0.1, 0.15) is 81.0 Å². The number of carbonyl (C=O) groups excluding carboxylic acids is 4. The normalized spacial score (nSPS) is 19.3. The van der Waals surface area contributed by atoms with E-state index in [4.69, 9.17) is 5.10 Å². The molecule has 266 valence electrons. The lowest BCUT2D eigenvalue weighted by molar-refractivity contribution is -0.127. The van der Waals surface area contributed by atoms with Gasteiger partial charge in [0.25, 0.3) is 5.91 Å². The van der Waals surface area contributed by atoms with Crippen LogP contribution < -0.4 is 16.0 Å². The number of benzene rings is 2. The fourth-order valence-electron chi connectivity index (χ4n) is 6.75. The van der Waals surface area contributed by atoms with Gasteiger partial charge in [0.1, 0.15) is 6.04 Å². The van der Waals surface area contributed by atoms with E-state index in [0.29, 0.717) is 61.8 Å². The van der Waals surface area contributed by atoms with Gasteiger partial charge in [-0.2, -0.15) is 9.78 Å². The number of carbonyl (C=O) groups is 4. The zero-order valence-corrected chi connectivity index (χ0v) is 30.3. The molecular formula is C39H45N7O4S. The summed E-state index contributed by atoms with van der Waals surface area (Å²) in [5.74, 6) is -0.343. The quantitative estimate of drug-likeness (QED) is 0.200. The number of fused-ring (bicyclic) bond motifs is 1. The highest BCUT2D eigenvalue weighted by Crippen LogP contribution is 2.34. The first kappa shape index (κ1) is 35.8. The third kappa shape index (κ3) is 8.50. The maximum atomic E-state index is 14.3. The van der Waals surface area contributed by atoms with Crippen molar-refractivity contribution in [3.63, 3.8) is 0 Å². The van der Waals surface area contributed by atoms with Gasteiger partial charge in [-0.3, -0.25) is 19.4 Å². The molecule has 2 fully saturated rings. The molecule has 3 heterocycles. The number of nitrogens with one attached hydrogen (secondary N) is 3. The standard InChI is InChI=1S/C39H45N7O4S/c1-39(2,3)43-35(47)25-14-16-27(17-15-25)42-37(49)32-12-9-23-45(32)38(50)46-33-24-28(51-34-13-6-5-11-30(34)36(48)40-4)19-20-29(33)31(44-46)21-18-26-10-7-8-22-41-26/h5-8,10-11,13,18-22,24-25,27,32H,9,12,14-17,23H2,1-4H3,(H,40,48)(H,42,49)(H,43,47)/b21-18+/t25?,27?,32-/m0/s1. The number of aromatic nitrogens is 3. The van der Waals surface area contributed by atoms with E-state index >= 15 is 0 Å². The number of nitrogens with zero attached hydrogens (tertiary/aromatic N) is 4. The molecule has 2 aromatic carbocycles. The molecule has 11 nitrogen and oxygen atoms in total. The van der Waals surface area contributed by atoms with Crippen LogP contribution in [0.5, 0.6) is 0 Å². The molecule has 1 atom stereocenters. The summed E-state index contributed by atoms with van der Waals surface area (Å²) < 4.78 is 1.40. The number of amides is 4. The Balaban J connectivity index is 1.24. The number of hydrogen-bond donors (Lipinski definition) is 3. The average Bonchev–Trinajstić information content (AvgIpc) is 3.76. The molecule has 0 bridgehead atoms. The summed E-state index contributed by atoms with van der Waals surface area (Å²) in [7, 11) is 1.60. The van der Waals surface area contributed by atoms with E-state index < -0.39 is 6.04 Å².